The molecule has 0 aliphatic heterocycles. The van der Waals surface area contributed by atoms with Gasteiger partial charge in [0, 0.05) is 19.0 Å². The highest BCUT2D eigenvalue weighted by molar-refractivity contribution is 7.89. The van der Waals surface area contributed by atoms with Crippen molar-refractivity contribution in [3.8, 4) is 0 Å². The Morgan fingerprint density at radius 1 is 1.24 bits per heavy atom. The lowest BCUT2D eigenvalue weighted by atomic mass is 10.2. The van der Waals surface area contributed by atoms with Gasteiger partial charge in [-0.2, -0.15) is 13.2 Å². The average Bonchev–Trinajstić information content (AvgIpc) is 2.42. The molecule has 0 spiro atoms. The number of alkyl halides is 4. The number of rotatable bonds is 8. The number of benzene rings is 1. The van der Waals surface area contributed by atoms with Crippen molar-refractivity contribution >= 4 is 21.6 Å². The van der Waals surface area contributed by atoms with Crippen LogP contribution in [0, 0.1) is 0 Å². The molecule has 0 saturated heterocycles. The first kappa shape index (κ1) is 18.2. The van der Waals surface area contributed by atoms with Crippen LogP contribution in [-0.2, 0) is 20.9 Å². The van der Waals surface area contributed by atoms with E-state index >= 15 is 0 Å². The Morgan fingerprint density at radius 3 is 2.57 bits per heavy atom. The van der Waals surface area contributed by atoms with Crippen molar-refractivity contribution in [1.29, 1.82) is 0 Å². The Balaban J connectivity index is 2.62. The van der Waals surface area contributed by atoms with Crippen LogP contribution in [0.3, 0.4) is 0 Å². The predicted octanol–water partition coefficient (Wildman–Crippen LogP) is 2.63. The van der Waals surface area contributed by atoms with E-state index in [1.165, 1.54) is 0 Å². The van der Waals surface area contributed by atoms with Crippen molar-refractivity contribution in [2.75, 3.05) is 25.6 Å². The molecule has 1 rings (SSSR count). The number of hydrogen-bond donors (Lipinski definition) is 1. The molecule has 0 fully saturated rings. The third-order valence-corrected chi connectivity index (χ3v) is 4.06. The number of hydrogen-bond acceptors (Lipinski definition) is 3. The summed E-state index contributed by atoms with van der Waals surface area (Å²) in [6.45, 7) is 0.751. The number of halogens is 4. The molecule has 0 aliphatic carbocycles. The molecule has 1 aromatic rings. The van der Waals surface area contributed by atoms with Crippen molar-refractivity contribution in [1.82, 2.24) is 4.72 Å². The molecule has 120 valence electrons. The molecule has 0 heterocycles. The monoisotopic (exact) mass is 345 g/mol. The molecule has 1 N–H and O–H groups in total. The van der Waals surface area contributed by atoms with Gasteiger partial charge in [-0.25, -0.2) is 13.1 Å². The van der Waals surface area contributed by atoms with E-state index in [4.69, 9.17) is 16.3 Å². The van der Waals surface area contributed by atoms with Gasteiger partial charge in [0.25, 0.3) is 0 Å². The van der Waals surface area contributed by atoms with E-state index in [9.17, 15) is 21.6 Å². The summed E-state index contributed by atoms with van der Waals surface area (Å²) >= 11 is 5.39. The highest BCUT2D eigenvalue weighted by atomic mass is 35.5. The first-order valence-electron chi connectivity index (χ1n) is 6.08. The minimum Gasteiger partial charge on any atom is -0.380 e. The fourth-order valence-electron chi connectivity index (χ4n) is 1.46. The minimum absolute atomic E-state index is 0.0703. The lowest BCUT2D eigenvalue weighted by Gasteiger charge is -2.10. The van der Waals surface area contributed by atoms with Crippen LogP contribution in [-0.4, -0.2) is 34.1 Å². The van der Waals surface area contributed by atoms with Crippen LogP contribution in [0.15, 0.2) is 29.2 Å². The molecule has 4 nitrogen and oxygen atoms in total. The van der Waals surface area contributed by atoms with Gasteiger partial charge in [0.1, 0.15) is 0 Å². The third kappa shape index (κ3) is 6.21. The molecule has 1 aromatic carbocycles. The Morgan fingerprint density at radius 2 is 1.95 bits per heavy atom. The summed E-state index contributed by atoms with van der Waals surface area (Å²) in [6.07, 6.45) is -4.18. The Hall–Kier alpha value is -0.830. The molecule has 0 aliphatic rings. The normalized spacial score (nSPS) is 12.6. The minimum atomic E-state index is -4.58. The van der Waals surface area contributed by atoms with E-state index in [1.54, 1.807) is 0 Å². The van der Waals surface area contributed by atoms with Gasteiger partial charge in [0.2, 0.25) is 10.0 Å². The van der Waals surface area contributed by atoms with E-state index in [2.05, 4.69) is 4.72 Å². The molecule has 0 saturated carbocycles. The van der Waals surface area contributed by atoms with E-state index in [-0.39, 0.29) is 6.54 Å². The van der Waals surface area contributed by atoms with Gasteiger partial charge >= 0.3 is 6.18 Å². The number of ether oxygens (including phenoxy) is 1. The summed E-state index contributed by atoms with van der Waals surface area (Å²) in [7, 11) is -3.97. The van der Waals surface area contributed by atoms with Crippen LogP contribution in [0.5, 0.6) is 0 Å². The van der Waals surface area contributed by atoms with Crippen LogP contribution >= 0.6 is 11.6 Å². The van der Waals surface area contributed by atoms with Gasteiger partial charge in [-0.05, 0) is 24.6 Å². The molecule has 0 unspecified atom stereocenters. The topological polar surface area (TPSA) is 55.4 Å². The van der Waals surface area contributed by atoms with Crippen LogP contribution in [0.25, 0.3) is 0 Å². The van der Waals surface area contributed by atoms with Gasteiger partial charge in [0.15, 0.2) is 0 Å². The van der Waals surface area contributed by atoms with Gasteiger partial charge in [-0.3, -0.25) is 0 Å². The Labute approximate surface area is 126 Å². The Bertz CT molecular complexity index is 549. The van der Waals surface area contributed by atoms with Gasteiger partial charge in [0.05, 0.1) is 17.1 Å². The van der Waals surface area contributed by atoms with Crippen molar-refractivity contribution in [2.45, 2.75) is 17.5 Å². The predicted molar refractivity (Wildman–Crippen MR) is 72.8 cm³/mol. The fraction of sp³-hybridized carbons (Fsp3) is 0.500. The zero-order chi connectivity index (χ0) is 15.9. The van der Waals surface area contributed by atoms with Crippen LogP contribution in [0.2, 0.25) is 0 Å². The Kier molecular flexibility index (Phi) is 6.92. The smallest absolute Gasteiger partial charge is 0.380 e. The van der Waals surface area contributed by atoms with Gasteiger partial charge in [-0.15, -0.1) is 11.6 Å². The molecule has 0 amide bonds. The van der Waals surface area contributed by atoms with E-state index in [0.29, 0.717) is 31.6 Å². The lowest BCUT2D eigenvalue weighted by Crippen LogP contribution is -2.26. The summed E-state index contributed by atoms with van der Waals surface area (Å²) in [5.74, 6) is 0.343. The summed E-state index contributed by atoms with van der Waals surface area (Å²) in [4.78, 5) is -0.418. The molecule has 0 radical (unpaired) electrons. The fourth-order valence-corrected chi connectivity index (χ4v) is 2.69. The second-order valence-electron chi connectivity index (χ2n) is 4.08. The molecule has 0 bridgehead atoms. The zero-order valence-corrected chi connectivity index (χ0v) is 12.6. The number of sulfonamides is 1. The van der Waals surface area contributed by atoms with Gasteiger partial charge < -0.3 is 4.74 Å². The van der Waals surface area contributed by atoms with E-state index in [0.717, 1.165) is 18.2 Å². The first-order chi connectivity index (χ1) is 9.77. The quantitative estimate of drug-likeness (QED) is 0.582. The second kappa shape index (κ2) is 7.98. The maximum atomic E-state index is 12.5. The zero-order valence-electron chi connectivity index (χ0n) is 11.0. The maximum absolute atomic E-state index is 12.5. The molecule has 0 aromatic heterocycles. The maximum Gasteiger partial charge on any atom is 0.416 e. The van der Waals surface area contributed by atoms with Gasteiger partial charge in [-0.1, -0.05) is 6.07 Å². The second-order valence-corrected chi connectivity index (χ2v) is 6.22. The SMILES string of the molecule is O=S(=O)(NCCCOCCCl)c1cccc(C(F)(F)F)c1. The average molecular weight is 346 g/mol. The summed E-state index contributed by atoms with van der Waals surface area (Å²) < 4.78 is 68.6. The lowest BCUT2D eigenvalue weighted by molar-refractivity contribution is -0.137. The van der Waals surface area contributed by atoms with Crippen molar-refractivity contribution < 1.29 is 26.3 Å². The number of nitrogens with one attached hydrogen (secondary N) is 1. The highest BCUT2D eigenvalue weighted by Crippen LogP contribution is 2.30. The van der Waals surface area contributed by atoms with Crippen LogP contribution in [0.1, 0.15) is 12.0 Å². The molecule has 0 atom stereocenters. The van der Waals surface area contributed by atoms with E-state index < -0.39 is 26.7 Å². The first-order valence-corrected chi connectivity index (χ1v) is 8.10. The van der Waals surface area contributed by atoms with Crippen molar-refractivity contribution in [3.63, 3.8) is 0 Å². The molecular weight excluding hydrogens is 331 g/mol. The highest BCUT2D eigenvalue weighted by Gasteiger charge is 2.31. The van der Waals surface area contributed by atoms with Crippen molar-refractivity contribution in [3.05, 3.63) is 29.8 Å². The molecule has 9 heteroatoms. The summed E-state index contributed by atoms with van der Waals surface area (Å²) in [6, 6.07) is 3.59. The largest absolute Gasteiger partial charge is 0.416 e. The van der Waals surface area contributed by atoms with Crippen LogP contribution < -0.4 is 4.72 Å². The third-order valence-electron chi connectivity index (χ3n) is 2.45. The standard InChI is InChI=1S/C12H15ClF3NO3S/c13-5-8-20-7-2-6-17-21(18,19)11-4-1-3-10(9-11)12(14,15)16/h1,3-4,9,17H,2,5-8H2. The van der Waals surface area contributed by atoms with E-state index in [1.807, 2.05) is 0 Å². The van der Waals surface area contributed by atoms with Crippen LogP contribution in [0.4, 0.5) is 13.2 Å². The molecule has 21 heavy (non-hydrogen) atoms. The van der Waals surface area contributed by atoms with Crippen molar-refractivity contribution in [2.24, 2.45) is 0 Å². The summed E-state index contributed by atoms with van der Waals surface area (Å²) in [5, 5.41) is 0. The molecular formula is C12H15ClF3NO3S. The summed E-state index contributed by atoms with van der Waals surface area (Å²) in [5.41, 5.74) is -1.00.